The van der Waals surface area contributed by atoms with Crippen molar-refractivity contribution in [1.29, 1.82) is 0 Å². The van der Waals surface area contributed by atoms with E-state index < -0.39 is 11.9 Å². The highest BCUT2D eigenvalue weighted by Gasteiger charge is 2.19. The van der Waals surface area contributed by atoms with Crippen LogP contribution >= 0.6 is 0 Å². The molecule has 1 aromatic rings. The predicted molar refractivity (Wildman–Crippen MR) is 103 cm³/mol. The summed E-state index contributed by atoms with van der Waals surface area (Å²) in [6, 6.07) is 3.62. The van der Waals surface area contributed by atoms with Gasteiger partial charge in [0.1, 0.15) is 26.2 Å². The molecule has 27 heavy (non-hydrogen) atoms. The van der Waals surface area contributed by atoms with Gasteiger partial charge >= 0.3 is 17.8 Å². The zero-order valence-electron chi connectivity index (χ0n) is 16.0. The summed E-state index contributed by atoms with van der Waals surface area (Å²) in [5, 5.41) is 0. The van der Waals surface area contributed by atoms with Gasteiger partial charge < -0.3 is 14.4 Å². The Kier molecular flexibility index (Phi) is 8.55. The zero-order chi connectivity index (χ0) is 20.4. The van der Waals surface area contributed by atoms with Gasteiger partial charge in [0.15, 0.2) is 0 Å². The topological polar surface area (TPSA) is 64.6 Å². The fourth-order valence-corrected chi connectivity index (χ4v) is 2.54. The van der Waals surface area contributed by atoms with Crippen LogP contribution in [0.1, 0.15) is 30.5 Å². The molecule has 0 amide bonds. The minimum atomic E-state index is -0.440. The average Bonchev–Trinajstić information content (AvgIpc) is 2.61. The van der Waals surface area contributed by atoms with Crippen LogP contribution in [0.2, 0.25) is 0 Å². The molecule has 0 saturated carbocycles. The number of rotatable bonds is 8. The highest BCUT2D eigenvalue weighted by atomic mass is 16.5. The Morgan fingerprint density at radius 3 is 1.81 bits per heavy atom. The smallest absolute Gasteiger partial charge is 0.465 e. The van der Waals surface area contributed by atoms with Crippen LogP contribution in [0.4, 0.5) is 5.69 Å². The molecule has 1 aromatic carbocycles. The SMILES string of the molecule is [C-]#[N+]C(=Cc1c(C)cc(N(CC(=O)OCC)CC(=O)OCC)cc1C)[N+]#[C-]. The van der Waals surface area contributed by atoms with Gasteiger partial charge in [-0.25, -0.2) is 0 Å². The van der Waals surface area contributed by atoms with E-state index in [1.807, 2.05) is 26.0 Å². The van der Waals surface area contributed by atoms with Gasteiger partial charge in [0.05, 0.1) is 13.2 Å². The van der Waals surface area contributed by atoms with E-state index in [0.717, 1.165) is 16.7 Å². The van der Waals surface area contributed by atoms with Crippen LogP contribution in [0.5, 0.6) is 0 Å². The first-order valence-corrected chi connectivity index (χ1v) is 8.50. The van der Waals surface area contributed by atoms with E-state index in [-0.39, 0.29) is 32.1 Å². The number of esters is 2. The second kappa shape index (κ2) is 10.6. The summed E-state index contributed by atoms with van der Waals surface area (Å²) in [5.41, 5.74) is 3.09. The number of carbonyl (C=O) groups is 2. The number of hydrogen-bond donors (Lipinski definition) is 0. The first-order valence-electron chi connectivity index (χ1n) is 8.50. The van der Waals surface area contributed by atoms with Crippen LogP contribution in [0, 0.1) is 27.0 Å². The van der Waals surface area contributed by atoms with Crippen molar-refractivity contribution < 1.29 is 19.1 Å². The van der Waals surface area contributed by atoms with E-state index in [2.05, 4.69) is 9.69 Å². The average molecular weight is 369 g/mol. The standard InChI is InChI=1S/C20H23N3O4/c1-7-26-19(24)12-23(13-20(25)27-8-2)16-9-14(3)17(15(4)10-16)11-18(21-5)22-6/h9-11H,7-8,12-13H2,1-4H3. The Morgan fingerprint density at radius 1 is 1.00 bits per heavy atom. The second-order valence-corrected chi connectivity index (χ2v) is 5.69. The van der Waals surface area contributed by atoms with Gasteiger partial charge in [-0.2, -0.15) is 9.69 Å². The van der Waals surface area contributed by atoms with Crippen molar-refractivity contribution in [2.24, 2.45) is 0 Å². The molecule has 0 bridgehead atoms. The number of aryl methyl sites for hydroxylation is 2. The van der Waals surface area contributed by atoms with Gasteiger partial charge in [-0.3, -0.25) is 9.59 Å². The van der Waals surface area contributed by atoms with Gasteiger partial charge in [-0.15, -0.1) is 0 Å². The van der Waals surface area contributed by atoms with Crippen LogP contribution in [-0.4, -0.2) is 38.2 Å². The van der Waals surface area contributed by atoms with Crippen molar-refractivity contribution in [2.45, 2.75) is 27.7 Å². The monoisotopic (exact) mass is 369 g/mol. The molecule has 0 saturated heterocycles. The lowest BCUT2D eigenvalue weighted by Crippen LogP contribution is -2.36. The maximum atomic E-state index is 11.9. The maximum absolute atomic E-state index is 11.9. The Morgan fingerprint density at radius 2 is 1.44 bits per heavy atom. The lowest BCUT2D eigenvalue weighted by molar-refractivity contribution is -0.142. The first kappa shape index (κ1) is 21.7. The Bertz CT molecular complexity index is 756. The molecule has 0 unspecified atom stereocenters. The molecule has 0 radical (unpaired) electrons. The highest BCUT2D eigenvalue weighted by molar-refractivity contribution is 5.82. The van der Waals surface area contributed by atoms with Crippen LogP contribution < -0.4 is 4.90 Å². The number of carbonyl (C=O) groups excluding carboxylic acids is 2. The Hall–Kier alpha value is -3.32. The fraction of sp³-hybridized carbons (Fsp3) is 0.400. The van der Waals surface area contributed by atoms with E-state index in [1.54, 1.807) is 18.7 Å². The molecule has 142 valence electrons. The number of ether oxygens (including phenoxy) is 2. The van der Waals surface area contributed by atoms with Crippen LogP contribution in [-0.2, 0) is 19.1 Å². The van der Waals surface area contributed by atoms with E-state index >= 15 is 0 Å². The van der Waals surface area contributed by atoms with Gasteiger partial charge in [-0.1, -0.05) is 0 Å². The number of anilines is 1. The highest BCUT2D eigenvalue weighted by Crippen LogP contribution is 2.26. The van der Waals surface area contributed by atoms with Crippen LogP contribution in [0.15, 0.2) is 18.0 Å². The molecule has 0 N–H and O–H groups in total. The largest absolute Gasteiger partial charge is 0.519 e. The fourth-order valence-electron chi connectivity index (χ4n) is 2.54. The second-order valence-electron chi connectivity index (χ2n) is 5.69. The van der Waals surface area contributed by atoms with E-state index in [9.17, 15) is 9.59 Å². The summed E-state index contributed by atoms with van der Waals surface area (Å²) in [4.78, 5) is 31.8. The molecule has 7 heteroatoms. The summed E-state index contributed by atoms with van der Waals surface area (Å²) < 4.78 is 9.99. The lowest BCUT2D eigenvalue weighted by Gasteiger charge is -2.24. The number of nitrogens with zero attached hydrogens (tertiary/aromatic N) is 3. The normalized spacial score (nSPS) is 9.56. The molecule has 0 fully saturated rings. The molecule has 0 aliphatic rings. The minimum absolute atomic E-state index is 0.0242. The molecule has 1 rings (SSSR count). The third kappa shape index (κ3) is 6.48. The van der Waals surface area contributed by atoms with E-state index in [1.165, 1.54) is 6.08 Å². The Balaban J connectivity index is 3.27. The molecule has 0 aromatic heterocycles. The third-order valence-electron chi connectivity index (χ3n) is 3.70. The summed E-state index contributed by atoms with van der Waals surface area (Å²) >= 11 is 0. The molecule has 0 spiro atoms. The van der Waals surface area contributed by atoms with E-state index in [4.69, 9.17) is 22.6 Å². The predicted octanol–water partition coefficient (Wildman–Crippen LogP) is 3.37. The summed E-state index contributed by atoms with van der Waals surface area (Å²) in [6.45, 7) is 21.5. The quantitative estimate of drug-likeness (QED) is 0.519. The summed E-state index contributed by atoms with van der Waals surface area (Å²) in [7, 11) is 0. The molecule has 7 nitrogen and oxygen atoms in total. The molecule has 0 aliphatic carbocycles. The van der Waals surface area contributed by atoms with Gasteiger partial charge in [-0.05, 0) is 56.5 Å². The molecular weight excluding hydrogens is 346 g/mol. The van der Waals surface area contributed by atoms with E-state index in [0.29, 0.717) is 5.69 Å². The van der Waals surface area contributed by atoms with Crippen molar-refractivity contribution in [1.82, 2.24) is 0 Å². The van der Waals surface area contributed by atoms with Crippen molar-refractivity contribution in [3.8, 4) is 0 Å². The van der Waals surface area contributed by atoms with Crippen molar-refractivity contribution >= 4 is 23.7 Å². The molecule has 0 aliphatic heterocycles. The van der Waals surface area contributed by atoms with Gasteiger partial charge in [0, 0.05) is 11.8 Å². The maximum Gasteiger partial charge on any atom is 0.519 e. The molecule has 0 heterocycles. The number of benzene rings is 1. The van der Waals surface area contributed by atoms with Crippen molar-refractivity contribution in [2.75, 3.05) is 31.2 Å². The molecule has 0 atom stereocenters. The number of hydrogen-bond acceptors (Lipinski definition) is 5. The van der Waals surface area contributed by atoms with Crippen LogP contribution in [0.25, 0.3) is 15.8 Å². The van der Waals surface area contributed by atoms with Gasteiger partial charge in [0.25, 0.3) is 0 Å². The zero-order valence-corrected chi connectivity index (χ0v) is 16.0. The van der Waals surface area contributed by atoms with Crippen LogP contribution in [0.3, 0.4) is 0 Å². The minimum Gasteiger partial charge on any atom is -0.465 e. The third-order valence-corrected chi connectivity index (χ3v) is 3.70. The van der Waals surface area contributed by atoms with Gasteiger partial charge in [0.2, 0.25) is 0 Å². The van der Waals surface area contributed by atoms with Crippen molar-refractivity contribution in [3.63, 3.8) is 0 Å². The lowest BCUT2D eigenvalue weighted by atomic mass is 10.0. The first-order chi connectivity index (χ1) is 12.9. The molecular formula is C20H23N3O4. The summed E-state index contributed by atoms with van der Waals surface area (Å²) in [6.07, 6.45) is 1.54. The Labute approximate surface area is 159 Å². The summed E-state index contributed by atoms with van der Waals surface area (Å²) in [5.74, 6) is -0.905. The van der Waals surface area contributed by atoms with Crippen molar-refractivity contribution in [3.05, 3.63) is 57.5 Å².